The zero-order valence-electron chi connectivity index (χ0n) is 19.0. The molecule has 0 aromatic heterocycles. The fourth-order valence-electron chi connectivity index (χ4n) is 4.10. The van der Waals surface area contributed by atoms with Gasteiger partial charge in [-0.3, -0.25) is 0 Å². The number of aryl methyl sites for hydroxylation is 2. The van der Waals surface area contributed by atoms with Gasteiger partial charge in [-0.15, -0.1) is 0 Å². The van der Waals surface area contributed by atoms with Gasteiger partial charge in [0.2, 0.25) is 0 Å². The summed E-state index contributed by atoms with van der Waals surface area (Å²) in [5.41, 5.74) is 7.52. The van der Waals surface area contributed by atoms with Gasteiger partial charge in [-0.1, -0.05) is 0 Å². The number of rotatable bonds is 6. The summed E-state index contributed by atoms with van der Waals surface area (Å²) < 4.78 is 0. The van der Waals surface area contributed by atoms with Crippen LogP contribution >= 0.6 is 7.26 Å². The van der Waals surface area contributed by atoms with E-state index < -0.39 is 7.26 Å². The van der Waals surface area contributed by atoms with Crippen LogP contribution in [0.2, 0.25) is 0 Å². The Labute approximate surface area is 187 Å². The molecule has 0 N–H and O–H groups in total. The van der Waals surface area contributed by atoms with Crippen LogP contribution in [-0.2, 0) is 6.16 Å². The molecule has 4 rings (SSSR count). The van der Waals surface area contributed by atoms with E-state index in [-0.39, 0.29) is 0 Å². The normalized spacial score (nSPS) is 11.9. The quantitative estimate of drug-likeness (QED) is 0.287. The molecule has 0 aliphatic carbocycles. The van der Waals surface area contributed by atoms with E-state index in [0.717, 1.165) is 6.16 Å². The third-order valence-electron chi connectivity index (χ3n) is 5.98. The van der Waals surface area contributed by atoms with Crippen LogP contribution in [0, 0.1) is 13.8 Å². The Balaban J connectivity index is 1.65. The molecular formula is C29H32NP. The first-order valence-corrected chi connectivity index (χ1v) is 14.2. The predicted molar refractivity (Wildman–Crippen MR) is 141 cm³/mol. The topological polar surface area (TPSA) is 3.24 Å². The van der Waals surface area contributed by atoms with Crippen molar-refractivity contribution in [1.29, 1.82) is 0 Å². The van der Waals surface area contributed by atoms with Crippen molar-refractivity contribution in [3.8, 4) is 0 Å². The fraction of sp³-hybridized carbons (Fsp3) is 0.172. The number of nitrogens with zero attached hydrogens (tertiary/aromatic N) is 1. The average molecular weight is 426 g/mol. The molecule has 158 valence electrons. The Kier molecular flexibility index (Phi) is 6.25. The third-order valence-corrected chi connectivity index (χ3v) is 9.17. The van der Waals surface area contributed by atoms with Gasteiger partial charge in [0, 0.05) is 0 Å². The molecule has 1 nitrogen and oxygen atoms in total. The van der Waals surface area contributed by atoms with Crippen LogP contribution in [0.1, 0.15) is 16.7 Å². The van der Waals surface area contributed by atoms with Crippen LogP contribution in [0.3, 0.4) is 0 Å². The molecule has 31 heavy (non-hydrogen) atoms. The monoisotopic (exact) mass is 425 g/mol. The zero-order chi connectivity index (χ0) is 21.8. The van der Waals surface area contributed by atoms with Crippen LogP contribution in [0.25, 0.3) is 0 Å². The minimum absolute atomic E-state index is 1.15. The van der Waals surface area contributed by atoms with Crippen LogP contribution in [-0.4, -0.2) is 13.3 Å². The van der Waals surface area contributed by atoms with Gasteiger partial charge in [0.25, 0.3) is 0 Å². The Hall–Kier alpha value is -2.89. The maximum absolute atomic E-state index is 2.46. The first-order valence-electron chi connectivity index (χ1n) is 11.0. The number of anilines is 3. The second kappa shape index (κ2) is 9.08. The van der Waals surface area contributed by atoms with Crippen molar-refractivity contribution in [3.05, 3.63) is 120 Å². The Bertz CT molecular complexity index is 1070. The van der Waals surface area contributed by atoms with Crippen molar-refractivity contribution in [2.75, 3.05) is 18.2 Å². The molecule has 0 radical (unpaired) electrons. The van der Waals surface area contributed by atoms with E-state index in [1.54, 1.807) is 0 Å². The third kappa shape index (κ3) is 5.06. The molecule has 0 unspecified atom stereocenters. The summed E-state index contributed by atoms with van der Waals surface area (Å²) in [6.45, 7) is 9.18. The van der Waals surface area contributed by atoms with Crippen molar-refractivity contribution < 1.29 is 0 Å². The van der Waals surface area contributed by atoms with E-state index in [2.05, 4.69) is 135 Å². The van der Waals surface area contributed by atoms with Gasteiger partial charge < -0.3 is 0 Å². The molecule has 0 saturated heterocycles. The van der Waals surface area contributed by atoms with Crippen molar-refractivity contribution in [3.63, 3.8) is 0 Å². The molecule has 0 aliphatic heterocycles. The van der Waals surface area contributed by atoms with Crippen LogP contribution in [0.15, 0.2) is 103 Å². The van der Waals surface area contributed by atoms with E-state index in [4.69, 9.17) is 0 Å². The fourth-order valence-corrected chi connectivity index (χ4v) is 6.65. The molecule has 4 aromatic carbocycles. The Morgan fingerprint density at radius 3 is 1.42 bits per heavy atom. The molecule has 0 bridgehead atoms. The van der Waals surface area contributed by atoms with Crippen LogP contribution in [0.4, 0.5) is 17.1 Å². The molecule has 0 spiro atoms. The van der Waals surface area contributed by atoms with Gasteiger partial charge in [-0.25, -0.2) is 0 Å². The van der Waals surface area contributed by atoms with E-state index in [1.807, 2.05) is 0 Å². The summed E-state index contributed by atoms with van der Waals surface area (Å²) in [7, 11) is -1.52. The van der Waals surface area contributed by atoms with E-state index in [0.29, 0.717) is 0 Å². The standard InChI is InChI=1S/C29H32NP/c1-23-10-16-26(17-11-23)30(27-18-12-24(2)13-19-27)28-20-14-25(15-21-28)22-31(3,4)29-8-6-5-7-9-29/h5-21,31H,22H2,1-4H3. The minimum atomic E-state index is -1.52. The Morgan fingerprint density at radius 1 is 0.548 bits per heavy atom. The van der Waals surface area contributed by atoms with E-state index in [9.17, 15) is 0 Å². The van der Waals surface area contributed by atoms with Crippen LogP contribution in [0.5, 0.6) is 0 Å². The second-order valence-electron chi connectivity index (χ2n) is 9.10. The van der Waals surface area contributed by atoms with Gasteiger partial charge >= 0.3 is 188 Å². The van der Waals surface area contributed by atoms with E-state index >= 15 is 0 Å². The SMILES string of the molecule is Cc1ccc(N(c2ccc(C)cc2)c2ccc(C[PH](C)(C)c3ccccc3)cc2)cc1. The molecule has 0 amide bonds. The molecule has 0 fully saturated rings. The summed E-state index contributed by atoms with van der Waals surface area (Å²) >= 11 is 0. The van der Waals surface area contributed by atoms with Crippen molar-refractivity contribution in [2.45, 2.75) is 20.0 Å². The van der Waals surface area contributed by atoms with Gasteiger partial charge in [0.05, 0.1) is 0 Å². The Morgan fingerprint density at radius 2 is 0.968 bits per heavy atom. The summed E-state index contributed by atoms with van der Waals surface area (Å²) in [4.78, 5) is 2.34. The second-order valence-corrected chi connectivity index (χ2v) is 13.8. The maximum atomic E-state index is 2.46. The van der Waals surface area contributed by atoms with Gasteiger partial charge in [-0.05, 0) is 0 Å². The van der Waals surface area contributed by atoms with Crippen molar-refractivity contribution in [1.82, 2.24) is 0 Å². The number of hydrogen-bond acceptors (Lipinski definition) is 1. The summed E-state index contributed by atoms with van der Waals surface area (Å²) in [5.74, 6) is 0. The van der Waals surface area contributed by atoms with Crippen LogP contribution < -0.4 is 10.2 Å². The zero-order valence-corrected chi connectivity index (χ0v) is 20.0. The molecule has 0 heterocycles. The molecule has 0 atom stereocenters. The number of hydrogen-bond donors (Lipinski definition) is 0. The predicted octanol–water partition coefficient (Wildman–Crippen LogP) is 7.61. The van der Waals surface area contributed by atoms with Gasteiger partial charge in [-0.2, -0.15) is 0 Å². The number of benzene rings is 4. The summed E-state index contributed by atoms with van der Waals surface area (Å²) in [6.07, 6.45) is 1.15. The van der Waals surface area contributed by atoms with Crippen molar-refractivity contribution >= 4 is 29.6 Å². The summed E-state index contributed by atoms with van der Waals surface area (Å²) in [6, 6.07) is 37.7. The first-order chi connectivity index (χ1) is 14.9. The molecule has 4 aromatic rings. The van der Waals surface area contributed by atoms with Gasteiger partial charge in [0.15, 0.2) is 0 Å². The molecule has 0 aliphatic rings. The van der Waals surface area contributed by atoms with E-state index in [1.165, 1.54) is 39.1 Å². The first kappa shape index (κ1) is 21.3. The molecule has 0 saturated carbocycles. The molecule has 2 heteroatoms. The molecular weight excluding hydrogens is 393 g/mol. The van der Waals surface area contributed by atoms with Crippen molar-refractivity contribution in [2.24, 2.45) is 0 Å². The average Bonchev–Trinajstić information content (AvgIpc) is 2.78. The summed E-state index contributed by atoms with van der Waals surface area (Å²) in [5, 5.41) is 1.51. The van der Waals surface area contributed by atoms with Gasteiger partial charge in [0.1, 0.15) is 0 Å².